The largest absolute Gasteiger partial charge is 0.495 e. The van der Waals surface area contributed by atoms with Gasteiger partial charge >= 0.3 is 0 Å². The third-order valence-corrected chi connectivity index (χ3v) is 5.45. The SMILES string of the molecule is COc1ccc([C@H]2Nc3ccc(C)cc3[C@H]3OCCC[C@@H]23)cc1Cl. The van der Waals surface area contributed by atoms with Crippen molar-refractivity contribution in [3.05, 3.63) is 58.1 Å². The van der Waals surface area contributed by atoms with Gasteiger partial charge in [-0.25, -0.2) is 0 Å². The number of halogens is 1. The van der Waals surface area contributed by atoms with Crippen LogP contribution in [0.3, 0.4) is 0 Å². The molecule has 0 radical (unpaired) electrons. The van der Waals surface area contributed by atoms with Gasteiger partial charge in [0, 0.05) is 23.8 Å². The molecule has 0 aliphatic carbocycles. The monoisotopic (exact) mass is 343 g/mol. The smallest absolute Gasteiger partial charge is 0.137 e. The third kappa shape index (κ3) is 2.66. The van der Waals surface area contributed by atoms with Crippen molar-refractivity contribution < 1.29 is 9.47 Å². The first kappa shape index (κ1) is 15.8. The second kappa shape index (κ2) is 6.30. The number of fused-ring (bicyclic) bond motifs is 3. The molecule has 2 aliphatic heterocycles. The van der Waals surface area contributed by atoms with Crippen molar-refractivity contribution in [1.82, 2.24) is 0 Å². The molecule has 2 heterocycles. The summed E-state index contributed by atoms with van der Waals surface area (Å²) in [6.45, 7) is 2.97. The van der Waals surface area contributed by atoms with Crippen LogP contribution in [-0.2, 0) is 4.74 Å². The zero-order chi connectivity index (χ0) is 16.7. The number of hydrogen-bond donors (Lipinski definition) is 1. The van der Waals surface area contributed by atoms with Crippen LogP contribution in [0.5, 0.6) is 5.75 Å². The molecule has 2 aromatic rings. The fourth-order valence-corrected chi connectivity index (χ4v) is 4.26. The number of hydrogen-bond acceptors (Lipinski definition) is 3. The van der Waals surface area contributed by atoms with Crippen molar-refractivity contribution in [3.63, 3.8) is 0 Å². The van der Waals surface area contributed by atoms with Gasteiger partial charge in [-0.05, 0) is 43.5 Å². The van der Waals surface area contributed by atoms with Crippen LogP contribution in [0.4, 0.5) is 5.69 Å². The lowest BCUT2D eigenvalue weighted by Crippen LogP contribution is -2.36. The number of ether oxygens (including phenoxy) is 2. The Balaban J connectivity index is 1.76. The average Bonchev–Trinajstić information content (AvgIpc) is 2.61. The highest BCUT2D eigenvalue weighted by Crippen LogP contribution is 2.49. The highest BCUT2D eigenvalue weighted by Gasteiger charge is 2.39. The predicted molar refractivity (Wildman–Crippen MR) is 97.0 cm³/mol. The molecule has 0 spiro atoms. The number of benzene rings is 2. The summed E-state index contributed by atoms with van der Waals surface area (Å²) in [6, 6.07) is 12.8. The lowest BCUT2D eigenvalue weighted by atomic mass is 9.77. The number of nitrogens with one attached hydrogen (secondary N) is 1. The molecule has 2 aliphatic rings. The quantitative estimate of drug-likeness (QED) is 0.803. The minimum absolute atomic E-state index is 0.153. The van der Waals surface area contributed by atoms with E-state index in [0.717, 1.165) is 19.4 Å². The molecule has 3 atom stereocenters. The first-order valence-electron chi connectivity index (χ1n) is 8.49. The van der Waals surface area contributed by atoms with Crippen LogP contribution in [0.2, 0.25) is 5.02 Å². The first-order chi connectivity index (χ1) is 11.7. The van der Waals surface area contributed by atoms with E-state index >= 15 is 0 Å². The Morgan fingerprint density at radius 3 is 2.88 bits per heavy atom. The van der Waals surface area contributed by atoms with E-state index in [0.29, 0.717) is 16.7 Å². The van der Waals surface area contributed by atoms with Crippen LogP contribution in [-0.4, -0.2) is 13.7 Å². The van der Waals surface area contributed by atoms with Gasteiger partial charge in [0.1, 0.15) is 5.75 Å². The third-order valence-electron chi connectivity index (χ3n) is 5.16. The van der Waals surface area contributed by atoms with Gasteiger partial charge in [-0.3, -0.25) is 0 Å². The minimum atomic E-state index is 0.153. The Bertz CT molecular complexity index is 761. The van der Waals surface area contributed by atoms with Crippen molar-refractivity contribution in [3.8, 4) is 5.75 Å². The van der Waals surface area contributed by atoms with Crippen molar-refractivity contribution >= 4 is 17.3 Å². The Labute approximate surface area is 147 Å². The summed E-state index contributed by atoms with van der Waals surface area (Å²) in [7, 11) is 1.64. The Kier molecular flexibility index (Phi) is 4.15. The molecule has 0 amide bonds. The van der Waals surface area contributed by atoms with Crippen molar-refractivity contribution in [2.24, 2.45) is 5.92 Å². The highest BCUT2D eigenvalue weighted by atomic mass is 35.5. The van der Waals surface area contributed by atoms with E-state index in [9.17, 15) is 0 Å². The predicted octanol–water partition coefficient (Wildman–Crippen LogP) is 5.29. The molecule has 0 unspecified atom stereocenters. The molecule has 0 saturated carbocycles. The van der Waals surface area contributed by atoms with Gasteiger partial charge in [0.15, 0.2) is 0 Å². The van der Waals surface area contributed by atoms with E-state index in [2.05, 4.69) is 36.5 Å². The molecule has 4 heteroatoms. The maximum absolute atomic E-state index is 6.36. The van der Waals surface area contributed by atoms with Crippen molar-refractivity contribution in [2.45, 2.75) is 31.9 Å². The topological polar surface area (TPSA) is 30.5 Å². The Morgan fingerprint density at radius 2 is 2.08 bits per heavy atom. The molecule has 1 fully saturated rings. The zero-order valence-electron chi connectivity index (χ0n) is 14.0. The maximum Gasteiger partial charge on any atom is 0.137 e. The lowest BCUT2D eigenvalue weighted by Gasteiger charge is -2.43. The summed E-state index contributed by atoms with van der Waals surface area (Å²) >= 11 is 6.36. The van der Waals surface area contributed by atoms with Crippen LogP contribution in [0.25, 0.3) is 0 Å². The molecule has 0 bridgehead atoms. The fraction of sp³-hybridized carbons (Fsp3) is 0.400. The number of methoxy groups -OCH3 is 1. The maximum atomic E-state index is 6.36. The van der Waals surface area contributed by atoms with E-state index in [1.165, 1.54) is 22.4 Å². The van der Waals surface area contributed by atoms with Crippen LogP contribution < -0.4 is 10.1 Å². The minimum Gasteiger partial charge on any atom is -0.495 e. The Morgan fingerprint density at radius 1 is 1.21 bits per heavy atom. The van der Waals surface area contributed by atoms with Crippen LogP contribution in [0.15, 0.2) is 36.4 Å². The molecule has 0 aromatic heterocycles. The van der Waals surface area contributed by atoms with Gasteiger partial charge in [0.05, 0.1) is 24.3 Å². The molecule has 126 valence electrons. The second-order valence-electron chi connectivity index (χ2n) is 6.70. The summed E-state index contributed by atoms with van der Waals surface area (Å²) in [4.78, 5) is 0. The molecular weight excluding hydrogens is 322 g/mol. The van der Waals surface area contributed by atoms with Gasteiger partial charge in [0.25, 0.3) is 0 Å². The zero-order valence-corrected chi connectivity index (χ0v) is 14.8. The van der Waals surface area contributed by atoms with Crippen molar-refractivity contribution in [2.75, 3.05) is 19.0 Å². The van der Waals surface area contributed by atoms with Crippen LogP contribution in [0, 0.1) is 12.8 Å². The Hall–Kier alpha value is -1.71. The van der Waals surface area contributed by atoms with Gasteiger partial charge < -0.3 is 14.8 Å². The van der Waals surface area contributed by atoms with Gasteiger partial charge in [-0.1, -0.05) is 35.4 Å². The average molecular weight is 344 g/mol. The summed E-state index contributed by atoms with van der Waals surface area (Å²) in [6.07, 6.45) is 2.41. The van der Waals surface area contributed by atoms with Gasteiger partial charge in [-0.15, -0.1) is 0 Å². The van der Waals surface area contributed by atoms with Crippen LogP contribution >= 0.6 is 11.6 Å². The van der Waals surface area contributed by atoms with E-state index in [4.69, 9.17) is 21.1 Å². The fourth-order valence-electron chi connectivity index (χ4n) is 4.00. The first-order valence-corrected chi connectivity index (χ1v) is 8.87. The van der Waals surface area contributed by atoms with E-state index in [-0.39, 0.29) is 12.1 Å². The standard InChI is InChI=1S/C20H22ClNO2/c1-12-5-7-17-15(10-12)20-14(4-3-9-24-20)19(22-17)13-6-8-18(23-2)16(21)11-13/h5-8,10-11,14,19-20,22H,3-4,9H2,1-2H3/t14-,19+,20-/m0/s1. The number of anilines is 1. The van der Waals surface area contributed by atoms with E-state index in [1.807, 2.05) is 12.1 Å². The summed E-state index contributed by atoms with van der Waals surface area (Å²) in [5, 5.41) is 4.38. The molecule has 4 rings (SSSR count). The summed E-state index contributed by atoms with van der Waals surface area (Å²) < 4.78 is 11.5. The molecule has 3 nitrogen and oxygen atoms in total. The second-order valence-corrected chi connectivity index (χ2v) is 7.11. The summed E-state index contributed by atoms with van der Waals surface area (Å²) in [5.74, 6) is 1.13. The molecule has 1 N–H and O–H groups in total. The lowest BCUT2D eigenvalue weighted by molar-refractivity contribution is -0.0381. The molecule has 24 heavy (non-hydrogen) atoms. The van der Waals surface area contributed by atoms with Gasteiger partial charge in [0.2, 0.25) is 0 Å². The van der Waals surface area contributed by atoms with E-state index < -0.39 is 0 Å². The van der Waals surface area contributed by atoms with Gasteiger partial charge in [-0.2, -0.15) is 0 Å². The van der Waals surface area contributed by atoms with Crippen LogP contribution in [0.1, 0.15) is 41.7 Å². The normalized spacial score (nSPS) is 25.4. The highest BCUT2D eigenvalue weighted by molar-refractivity contribution is 6.32. The molecular formula is C20H22ClNO2. The summed E-state index contributed by atoms with van der Waals surface area (Å²) in [5.41, 5.74) is 4.91. The van der Waals surface area contributed by atoms with E-state index in [1.54, 1.807) is 7.11 Å². The number of aryl methyl sites for hydroxylation is 1. The molecule has 2 aromatic carbocycles. The number of rotatable bonds is 2. The van der Waals surface area contributed by atoms with Crippen molar-refractivity contribution in [1.29, 1.82) is 0 Å². The molecule has 1 saturated heterocycles.